The lowest BCUT2D eigenvalue weighted by molar-refractivity contribution is 0.0678. The first-order valence-corrected chi connectivity index (χ1v) is 5.36. The number of aliphatic hydroxyl groups is 2. The quantitative estimate of drug-likeness (QED) is 0.574. The van der Waals surface area contributed by atoms with Crippen LogP contribution in [-0.2, 0) is 12.8 Å². The highest BCUT2D eigenvalue weighted by atomic mass is 16.4. The van der Waals surface area contributed by atoms with Crippen molar-refractivity contribution in [3.8, 4) is 0 Å². The van der Waals surface area contributed by atoms with Gasteiger partial charge < -0.3 is 20.4 Å². The first-order valence-electron chi connectivity index (χ1n) is 5.36. The highest BCUT2D eigenvalue weighted by Gasteiger charge is 2.19. The van der Waals surface area contributed by atoms with Gasteiger partial charge in [0, 0.05) is 13.2 Å². The van der Waals surface area contributed by atoms with Crippen molar-refractivity contribution in [1.82, 2.24) is 0 Å². The maximum absolute atomic E-state index is 11.0. The Morgan fingerprint density at radius 2 is 1.17 bits per heavy atom. The molecule has 0 spiro atoms. The molecule has 6 nitrogen and oxygen atoms in total. The van der Waals surface area contributed by atoms with E-state index in [9.17, 15) is 9.59 Å². The minimum atomic E-state index is -1.19. The van der Waals surface area contributed by atoms with Gasteiger partial charge in [-0.15, -0.1) is 0 Å². The molecule has 0 aliphatic carbocycles. The van der Waals surface area contributed by atoms with Crippen LogP contribution in [0.3, 0.4) is 0 Å². The minimum Gasteiger partial charge on any atom is -0.478 e. The lowest BCUT2D eigenvalue weighted by Crippen LogP contribution is -2.14. The van der Waals surface area contributed by atoms with E-state index in [1.54, 1.807) is 0 Å². The second kappa shape index (κ2) is 6.13. The Balaban J connectivity index is 3.48. The molecule has 0 aromatic heterocycles. The summed E-state index contributed by atoms with van der Waals surface area (Å²) < 4.78 is 0. The smallest absolute Gasteiger partial charge is 0.335 e. The van der Waals surface area contributed by atoms with Crippen LogP contribution in [0.15, 0.2) is 12.1 Å². The summed E-state index contributed by atoms with van der Waals surface area (Å²) in [7, 11) is 0. The highest BCUT2D eigenvalue weighted by Crippen LogP contribution is 2.21. The monoisotopic (exact) mass is 254 g/mol. The summed E-state index contributed by atoms with van der Waals surface area (Å²) in [5.74, 6) is -2.37. The van der Waals surface area contributed by atoms with E-state index in [0.29, 0.717) is 0 Å². The van der Waals surface area contributed by atoms with Gasteiger partial charge in [0.2, 0.25) is 0 Å². The fourth-order valence-corrected chi connectivity index (χ4v) is 1.89. The van der Waals surface area contributed by atoms with E-state index in [1.165, 1.54) is 12.1 Å². The molecule has 18 heavy (non-hydrogen) atoms. The molecule has 98 valence electrons. The zero-order valence-electron chi connectivity index (χ0n) is 9.59. The van der Waals surface area contributed by atoms with Gasteiger partial charge in [0.05, 0.1) is 11.1 Å². The third kappa shape index (κ3) is 2.85. The van der Waals surface area contributed by atoms with Crippen molar-refractivity contribution in [2.24, 2.45) is 0 Å². The SMILES string of the molecule is O=C(O)c1ccc(C(=O)O)c(CCO)c1CCO. The summed E-state index contributed by atoms with van der Waals surface area (Å²) in [6.07, 6.45) is 0.0795. The second-order valence-corrected chi connectivity index (χ2v) is 3.68. The van der Waals surface area contributed by atoms with Crippen molar-refractivity contribution in [3.05, 3.63) is 34.4 Å². The summed E-state index contributed by atoms with van der Waals surface area (Å²) in [4.78, 5) is 22.1. The molecular formula is C12H14O6. The molecule has 0 aliphatic rings. The first-order chi connectivity index (χ1) is 8.52. The van der Waals surface area contributed by atoms with Gasteiger partial charge in [-0.1, -0.05) is 0 Å². The van der Waals surface area contributed by atoms with Crippen LogP contribution >= 0.6 is 0 Å². The van der Waals surface area contributed by atoms with Crippen LogP contribution in [0.1, 0.15) is 31.8 Å². The minimum absolute atomic E-state index is 0.0398. The standard InChI is InChI=1S/C12H14O6/c13-5-3-7-8(4-6-14)10(12(17)18)2-1-9(7)11(15)16/h1-2,13-14H,3-6H2,(H,15,16)(H,17,18). The Morgan fingerprint density at radius 1 is 0.833 bits per heavy atom. The number of hydrogen-bond donors (Lipinski definition) is 4. The lowest BCUT2D eigenvalue weighted by Gasteiger charge is -2.14. The Morgan fingerprint density at radius 3 is 1.39 bits per heavy atom. The van der Waals surface area contributed by atoms with Gasteiger partial charge in [-0.05, 0) is 36.1 Å². The van der Waals surface area contributed by atoms with Crippen molar-refractivity contribution in [1.29, 1.82) is 0 Å². The van der Waals surface area contributed by atoms with E-state index in [4.69, 9.17) is 20.4 Å². The molecule has 0 saturated heterocycles. The van der Waals surface area contributed by atoms with Crippen LogP contribution in [0.5, 0.6) is 0 Å². The van der Waals surface area contributed by atoms with Crippen molar-refractivity contribution in [2.45, 2.75) is 12.8 Å². The third-order valence-electron chi connectivity index (χ3n) is 2.62. The molecule has 0 bridgehead atoms. The molecule has 0 amide bonds. The molecule has 1 aromatic carbocycles. The Bertz CT molecular complexity index is 423. The Kier molecular flexibility index (Phi) is 4.82. The summed E-state index contributed by atoms with van der Waals surface area (Å²) in [5.41, 5.74) is 0.438. The second-order valence-electron chi connectivity index (χ2n) is 3.68. The number of hydrogen-bond acceptors (Lipinski definition) is 4. The maximum Gasteiger partial charge on any atom is 0.335 e. The van der Waals surface area contributed by atoms with Gasteiger partial charge in [0.25, 0.3) is 0 Å². The van der Waals surface area contributed by atoms with Gasteiger partial charge in [-0.2, -0.15) is 0 Å². The van der Waals surface area contributed by atoms with Crippen molar-refractivity contribution >= 4 is 11.9 Å². The fourth-order valence-electron chi connectivity index (χ4n) is 1.89. The Hall–Kier alpha value is -1.92. The van der Waals surface area contributed by atoms with Gasteiger partial charge in [0.1, 0.15) is 0 Å². The van der Waals surface area contributed by atoms with E-state index < -0.39 is 11.9 Å². The van der Waals surface area contributed by atoms with Crippen LogP contribution in [0, 0.1) is 0 Å². The molecule has 4 N–H and O–H groups in total. The van der Waals surface area contributed by atoms with Crippen LogP contribution in [0.2, 0.25) is 0 Å². The molecule has 1 rings (SSSR count). The summed E-state index contributed by atoms with van der Waals surface area (Å²) >= 11 is 0. The number of rotatable bonds is 6. The number of benzene rings is 1. The molecule has 1 aromatic rings. The average molecular weight is 254 g/mol. The van der Waals surface area contributed by atoms with E-state index in [2.05, 4.69) is 0 Å². The van der Waals surface area contributed by atoms with E-state index in [1.807, 2.05) is 0 Å². The highest BCUT2D eigenvalue weighted by molar-refractivity contribution is 5.95. The number of aliphatic hydroxyl groups excluding tert-OH is 2. The first kappa shape index (κ1) is 14.1. The maximum atomic E-state index is 11.0. The molecule has 0 atom stereocenters. The number of carboxylic acid groups (broad SMARTS) is 2. The molecule has 0 heterocycles. The van der Waals surface area contributed by atoms with Crippen molar-refractivity contribution in [2.75, 3.05) is 13.2 Å². The average Bonchev–Trinajstić information content (AvgIpc) is 2.30. The lowest BCUT2D eigenvalue weighted by atomic mass is 9.92. The third-order valence-corrected chi connectivity index (χ3v) is 2.62. The van der Waals surface area contributed by atoms with Crippen LogP contribution < -0.4 is 0 Å². The Labute approximate surface area is 103 Å². The summed E-state index contributed by atoms with van der Waals surface area (Å²) in [6.45, 7) is -0.580. The predicted molar refractivity (Wildman–Crippen MR) is 61.9 cm³/mol. The number of carboxylic acids is 2. The van der Waals surface area contributed by atoms with Crippen LogP contribution in [0.4, 0.5) is 0 Å². The van der Waals surface area contributed by atoms with E-state index in [-0.39, 0.29) is 48.3 Å². The predicted octanol–water partition coefficient (Wildman–Crippen LogP) is 0.153. The van der Waals surface area contributed by atoms with Gasteiger partial charge >= 0.3 is 11.9 Å². The van der Waals surface area contributed by atoms with E-state index >= 15 is 0 Å². The zero-order valence-corrected chi connectivity index (χ0v) is 9.59. The largest absolute Gasteiger partial charge is 0.478 e. The van der Waals surface area contributed by atoms with E-state index in [0.717, 1.165) is 0 Å². The molecule has 6 heteroatoms. The number of carbonyl (C=O) groups is 2. The van der Waals surface area contributed by atoms with Gasteiger partial charge in [0.15, 0.2) is 0 Å². The van der Waals surface area contributed by atoms with Crippen LogP contribution in [-0.4, -0.2) is 45.6 Å². The van der Waals surface area contributed by atoms with Gasteiger partial charge in [-0.25, -0.2) is 9.59 Å². The fraction of sp³-hybridized carbons (Fsp3) is 0.333. The number of aromatic carboxylic acids is 2. The molecule has 0 fully saturated rings. The van der Waals surface area contributed by atoms with Crippen molar-refractivity contribution < 1.29 is 30.0 Å². The molecular weight excluding hydrogens is 240 g/mol. The van der Waals surface area contributed by atoms with Crippen molar-refractivity contribution in [3.63, 3.8) is 0 Å². The zero-order chi connectivity index (χ0) is 13.7. The summed E-state index contributed by atoms with van der Waals surface area (Å²) in [5, 5.41) is 35.9. The molecule has 0 unspecified atom stereocenters. The molecule has 0 radical (unpaired) electrons. The molecule has 0 aliphatic heterocycles. The van der Waals surface area contributed by atoms with Gasteiger partial charge in [-0.3, -0.25) is 0 Å². The molecule has 0 saturated carbocycles. The summed E-state index contributed by atoms with van der Waals surface area (Å²) in [6, 6.07) is 2.41. The van der Waals surface area contributed by atoms with Crippen LogP contribution in [0.25, 0.3) is 0 Å². The normalized spacial score (nSPS) is 10.3. The topological polar surface area (TPSA) is 115 Å².